The van der Waals surface area contributed by atoms with Crippen LogP contribution in [-0.4, -0.2) is 18.2 Å². The number of carbonyl (C=O) groups is 1. The van der Waals surface area contributed by atoms with Gasteiger partial charge < -0.3 is 0 Å². The quantitative estimate of drug-likeness (QED) is 0.677. The summed E-state index contributed by atoms with van der Waals surface area (Å²) < 4.78 is 26.1. The van der Waals surface area contributed by atoms with Crippen molar-refractivity contribution in [3.05, 3.63) is 90.3 Å². The van der Waals surface area contributed by atoms with Gasteiger partial charge in [-0.25, -0.2) is 12.4 Å². The lowest BCUT2D eigenvalue weighted by atomic mass is 10.1. The van der Waals surface area contributed by atoms with Crippen LogP contribution in [0.5, 0.6) is 0 Å². The van der Waals surface area contributed by atoms with E-state index in [0.717, 1.165) is 3.97 Å². The highest BCUT2D eigenvalue weighted by Gasteiger charge is 2.17. The molecule has 23 heavy (non-hydrogen) atoms. The van der Waals surface area contributed by atoms with Gasteiger partial charge in [0, 0.05) is 24.4 Å². The van der Waals surface area contributed by atoms with Gasteiger partial charge in [-0.05, 0) is 23.8 Å². The smallest absolute Gasteiger partial charge is 0.267 e. The number of ketones is 1. The first-order chi connectivity index (χ1) is 11.1. The fourth-order valence-corrected chi connectivity index (χ4v) is 3.54. The van der Waals surface area contributed by atoms with Crippen LogP contribution in [0.15, 0.2) is 84.0 Å². The van der Waals surface area contributed by atoms with Crippen LogP contribution in [0.25, 0.3) is 0 Å². The Morgan fingerprint density at radius 1 is 0.870 bits per heavy atom. The maximum absolute atomic E-state index is 12.5. The van der Waals surface area contributed by atoms with Crippen LogP contribution < -0.4 is 0 Å². The van der Waals surface area contributed by atoms with Gasteiger partial charge in [0.25, 0.3) is 10.0 Å². The van der Waals surface area contributed by atoms with E-state index in [1.54, 1.807) is 60.7 Å². The summed E-state index contributed by atoms with van der Waals surface area (Å²) in [7, 11) is -3.61. The lowest BCUT2D eigenvalue weighted by Crippen LogP contribution is -2.11. The zero-order chi connectivity index (χ0) is 16.3. The molecule has 0 saturated carbocycles. The van der Waals surface area contributed by atoms with Gasteiger partial charge in [-0.1, -0.05) is 48.5 Å². The van der Waals surface area contributed by atoms with Crippen LogP contribution >= 0.6 is 0 Å². The summed E-state index contributed by atoms with van der Waals surface area (Å²) in [6.45, 7) is 0. The second-order valence-corrected chi connectivity index (χ2v) is 6.98. The van der Waals surface area contributed by atoms with Crippen molar-refractivity contribution in [2.45, 2.75) is 11.3 Å². The van der Waals surface area contributed by atoms with Crippen molar-refractivity contribution in [2.24, 2.45) is 0 Å². The molecule has 0 fully saturated rings. The van der Waals surface area contributed by atoms with Crippen molar-refractivity contribution >= 4 is 15.8 Å². The predicted octanol–water partition coefficient (Wildman–Crippen LogP) is 3.15. The monoisotopic (exact) mass is 325 g/mol. The second kappa shape index (κ2) is 6.22. The van der Waals surface area contributed by atoms with Crippen molar-refractivity contribution in [1.82, 2.24) is 3.97 Å². The number of Topliss-reactive ketones (excluding diaryl/α,β-unsaturated/α-hetero) is 1. The van der Waals surface area contributed by atoms with Gasteiger partial charge in [-0.15, -0.1) is 0 Å². The van der Waals surface area contributed by atoms with Crippen LogP contribution in [-0.2, 0) is 16.4 Å². The molecule has 0 atom stereocenters. The Morgan fingerprint density at radius 3 is 2.13 bits per heavy atom. The lowest BCUT2D eigenvalue weighted by Gasteiger charge is -2.05. The van der Waals surface area contributed by atoms with Crippen LogP contribution in [0.4, 0.5) is 0 Å². The van der Waals surface area contributed by atoms with Gasteiger partial charge in [0.2, 0.25) is 0 Å². The Morgan fingerprint density at radius 2 is 1.48 bits per heavy atom. The normalized spacial score (nSPS) is 11.3. The van der Waals surface area contributed by atoms with E-state index < -0.39 is 10.0 Å². The Balaban J connectivity index is 1.83. The Kier molecular flexibility index (Phi) is 4.12. The van der Waals surface area contributed by atoms with Gasteiger partial charge in [-0.3, -0.25) is 4.79 Å². The average molecular weight is 325 g/mol. The highest BCUT2D eigenvalue weighted by Crippen LogP contribution is 2.16. The topological polar surface area (TPSA) is 56.1 Å². The average Bonchev–Trinajstić information content (AvgIpc) is 3.06. The van der Waals surface area contributed by atoms with E-state index in [9.17, 15) is 13.2 Å². The molecule has 0 radical (unpaired) electrons. The number of nitrogens with zero attached hydrogens (tertiary/aromatic N) is 1. The highest BCUT2D eigenvalue weighted by molar-refractivity contribution is 7.90. The van der Waals surface area contributed by atoms with E-state index in [1.807, 2.05) is 6.07 Å². The molecule has 1 heterocycles. The summed E-state index contributed by atoms with van der Waals surface area (Å²) in [4.78, 5) is 12.4. The van der Waals surface area contributed by atoms with Gasteiger partial charge >= 0.3 is 0 Å². The summed E-state index contributed by atoms with van der Waals surface area (Å²) in [6, 6.07) is 18.8. The van der Waals surface area contributed by atoms with Crippen LogP contribution in [0.2, 0.25) is 0 Å². The van der Waals surface area contributed by atoms with Crippen molar-refractivity contribution < 1.29 is 13.2 Å². The summed E-state index contributed by atoms with van der Waals surface area (Å²) in [5.41, 5.74) is 1.28. The van der Waals surface area contributed by atoms with Crippen molar-refractivity contribution in [1.29, 1.82) is 0 Å². The Bertz CT molecular complexity index is 913. The van der Waals surface area contributed by atoms with Crippen molar-refractivity contribution in [3.63, 3.8) is 0 Å². The van der Waals surface area contributed by atoms with Crippen LogP contribution in [0.3, 0.4) is 0 Å². The summed E-state index contributed by atoms with van der Waals surface area (Å²) in [5, 5.41) is 0. The molecule has 0 unspecified atom stereocenters. The molecule has 116 valence electrons. The van der Waals surface area contributed by atoms with Crippen LogP contribution in [0, 0.1) is 0 Å². The number of aromatic nitrogens is 1. The van der Waals surface area contributed by atoms with E-state index >= 15 is 0 Å². The van der Waals surface area contributed by atoms with E-state index in [2.05, 4.69) is 0 Å². The molecule has 3 aromatic rings. The molecule has 0 aliphatic carbocycles. The summed E-state index contributed by atoms with van der Waals surface area (Å²) in [6.07, 6.45) is 3.13. The third-order valence-electron chi connectivity index (χ3n) is 3.51. The molecule has 4 nitrogen and oxygen atoms in total. The molecule has 0 N–H and O–H groups in total. The molecule has 0 spiro atoms. The number of rotatable bonds is 5. The number of hydrogen-bond acceptors (Lipinski definition) is 3. The molecule has 0 amide bonds. The summed E-state index contributed by atoms with van der Waals surface area (Å²) in [5.74, 6) is -0.0412. The van der Waals surface area contributed by atoms with E-state index in [-0.39, 0.29) is 17.1 Å². The molecule has 1 aromatic heterocycles. The first kappa shape index (κ1) is 15.2. The third-order valence-corrected chi connectivity index (χ3v) is 5.16. The standard InChI is InChI=1S/C18H15NO3S/c20-18(16-7-3-1-4-8-16)13-15-11-12-19(14-15)23(21,22)17-9-5-2-6-10-17/h1-12,14H,13H2. The lowest BCUT2D eigenvalue weighted by molar-refractivity contribution is 0.0993. The molecule has 5 heteroatoms. The third kappa shape index (κ3) is 3.24. The van der Waals surface area contributed by atoms with Crippen LogP contribution in [0.1, 0.15) is 15.9 Å². The number of carbonyl (C=O) groups excluding carboxylic acids is 1. The largest absolute Gasteiger partial charge is 0.294 e. The molecular formula is C18H15NO3S. The van der Waals surface area contributed by atoms with E-state index in [0.29, 0.717) is 11.1 Å². The molecule has 0 aliphatic heterocycles. The number of benzene rings is 2. The molecule has 2 aromatic carbocycles. The van der Waals surface area contributed by atoms with Gasteiger partial charge in [0.1, 0.15) is 0 Å². The molecule has 3 rings (SSSR count). The molecule has 0 bridgehead atoms. The first-order valence-corrected chi connectivity index (χ1v) is 8.57. The maximum atomic E-state index is 12.5. The zero-order valence-electron chi connectivity index (χ0n) is 12.3. The Hall–Kier alpha value is -2.66. The minimum absolute atomic E-state index is 0.0412. The van der Waals surface area contributed by atoms with Gasteiger partial charge in [-0.2, -0.15) is 0 Å². The summed E-state index contributed by atoms with van der Waals surface area (Å²) >= 11 is 0. The van der Waals surface area contributed by atoms with E-state index in [1.165, 1.54) is 12.4 Å². The highest BCUT2D eigenvalue weighted by atomic mass is 32.2. The first-order valence-electron chi connectivity index (χ1n) is 7.13. The SMILES string of the molecule is O=C(Cc1ccn(S(=O)(=O)c2ccccc2)c1)c1ccccc1. The molecule has 0 aliphatic rings. The number of hydrogen-bond donors (Lipinski definition) is 0. The van der Waals surface area contributed by atoms with Gasteiger partial charge in [0.05, 0.1) is 4.90 Å². The fourth-order valence-electron chi connectivity index (χ4n) is 2.30. The Labute approximate surface area is 135 Å². The maximum Gasteiger partial charge on any atom is 0.267 e. The van der Waals surface area contributed by atoms with E-state index in [4.69, 9.17) is 0 Å². The molecule has 0 saturated heterocycles. The van der Waals surface area contributed by atoms with Crippen molar-refractivity contribution in [2.75, 3.05) is 0 Å². The van der Waals surface area contributed by atoms with Crippen molar-refractivity contribution in [3.8, 4) is 0 Å². The minimum atomic E-state index is -3.61. The minimum Gasteiger partial charge on any atom is -0.294 e. The molecular weight excluding hydrogens is 310 g/mol. The predicted molar refractivity (Wildman–Crippen MR) is 87.9 cm³/mol. The van der Waals surface area contributed by atoms with Gasteiger partial charge in [0.15, 0.2) is 5.78 Å². The second-order valence-electron chi connectivity index (χ2n) is 5.13. The fraction of sp³-hybridized carbons (Fsp3) is 0.0556. The zero-order valence-corrected chi connectivity index (χ0v) is 13.1.